The van der Waals surface area contributed by atoms with Crippen LogP contribution in [-0.4, -0.2) is 36.9 Å². The van der Waals surface area contributed by atoms with E-state index in [0.29, 0.717) is 31.4 Å². The zero-order valence-corrected chi connectivity index (χ0v) is 11.4. The largest absolute Gasteiger partial charge is 0.388 e. The molecule has 2 fully saturated rings. The molecule has 3 atom stereocenters. The van der Waals surface area contributed by atoms with Crippen molar-refractivity contribution in [3.8, 4) is 0 Å². The zero-order chi connectivity index (χ0) is 13.2. The summed E-state index contributed by atoms with van der Waals surface area (Å²) in [5.74, 6) is 1.63. The maximum atomic E-state index is 12.0. The van der Waals surface area contributed by atoms with Crippen LogP contribution >= 0.6 is 0 Å². The van der Waals surface area contributed by atoms with Crippen LogP contribution in [0, 0.1) is 17.8 Å². The Hall–Kier alpha value is -0.610. The van der Waals surface area contributed by atoms with Gasteiger partial charge in [-0.15, -0.1) is 0 Å². The predicted octanol–water partition coefficient (Wildman–Crippen LogP) is 1.33. The molecule has 0 aromatic rings. The van der Waals surface area contributed by atoms with Gasteiger partial charge in [0, 0.05) is 32.6 Å². The molecule has 0 aromatic carbocycles. The second-order valence-corrected chi connectivity index (χ2v) is 6.10. The first kappa shape index (κ1) is 13.8. The van der Waals surface area contributed by atoms with E-state index in [2.05, 4.69) is 5.32 Å². The van der Waals surface area contributed by atoms with Crippen LogP contribution in [0.1, 0.15) is 39.0 Å². The van der Waals surface area contributed by atoms with Crippen molar-refractivity contribution in [2.75, 3.05) is 20.3 Å². The molecule has 3 unspecified atom stereocenters. The van der Waals surface area contributed by atoms with Crippen molar-refractivity contribution >= 4 is 5.91 Å². The van der Waals surface area contributed by atoms with Crippen LogP contribution in [0.4, 0.5) is 0 Å². The lowest BCUT2D eigenvalue weighted by molar-refractivity contribution is -0.124. The normalized spacial score (nSPS) is 33.4. The number of carbonyl (C=O) groups is 1. The third-order valence-electron chi connectivity index (χ3n) is 4.45. The number of carbonyl (C=O) groups excluding carboxylic acids is 1. The van der Waals surface area contributed by atoms with Gasteiger partial charge in [-0.1, -0.05) is 12.8 Å². The van der Waals surface area contributed by atoms with E-state index in [1.54, 1.807) is 14.0 Å². The summed E-state index contributed by atoms with van der Waals surface area (Å²) in [6.07, 6.45) is 5.51. The van der Waals surface area contributed by atoms with Crippen LogP contribution < -0.4 is 5.32 Å². The molecule has 0 heterocycles. The van der Waals surface area contributed by atoms with Crippen LogP contribution in [0.15, 0.2) is 0 Å². The molecule has 4 nitrogen and oxygen atoms in total. The molecule has 0 spiro atoms. The number of hydrogen-bond acceptors (Lipinski definition) is 3. The van der Waals surface area contributed by atoms with Gasteiger partial charge in [-0.2, -0.15) is 0 Å². The van der Waals surface area contributed by atoms with Crippen molar-refractivity contribution in [2.24, 2.45) is 17.8 Å². The highest BCUT2D eigenvalue weighted by atomic mass is 16.5. The van der Waals surface area contributed by atoms with Gasteiger partial charge in [0.1, 0.15) is 0 Å². The molecule has 2 aliphatic rings. The van der Waals surface area contributed by atoms with Crippen molar-refractivity contribution in [3.63, 3.8) is 0 Å². The number of fused-ring (bicyclic) bond motifs is 1. The third kappa shape index (κ3) is 3.23. The lowest BCUT2D eigenvalue weighted by Crippen LogP contribution is -2.42. The fraction of sp³-hybridized carbons (Fsp3) is 0.929. The van der Waals surface area contributed by atoms with Crippen molar-refractivity contribution < 1.29 is 14.6 Å². The Morgan fingerprint density at radius 3 is 2.56 bits per heavy atom. The molecule has 0 bridgehead atoms. The number of nitrogens with one attached hydrogen (secondary N) is 1. The van der Waals surface area contributed by atoms with E-state index < -0.39 is 5.60 Å². The molecule has 0 aliphatic heterocycles. The number of amides is 1. The summed E-state index contributed by atoms with van der Waals surface area (Å²) in [6.45, 7) is 2.58. The summed E-state index contributed by atoms with van der Waals surface area (Å²) in [4.78, 5) is 12.0. The maximum absolute atomic E-state index is 12.0. The van der Waals surface area contributed by atoms with E-state index in [4.69, 9.17) is 4.74 Å². The minimum Gasteiger partial charge on any atom is -0.388 e. The van der Waals surface area contributed by atoms with Gasteiger partial charge in [0.2, 0.25) is 5.91 Å². The minimum atomic E-state index is -0.869. The van der Waals surface area contributed by atoms with E-state index in [1.807, 2.05) is 0 Å². The van der Waals surface area contributed by atoms with Crippen LogP contribution in [0.25, 0.3) is 0 Å². The summed E-state index contributed by atoms with van der Waals surface area (Å²) in [5, 5.41) is 13.0. The second-order valence-electron chi connectivity index (χ2n) is 6.10. The van der Waals surface area contributed by atoms with E-state index in [-0.39, 0.29) is 11.8 Å². The Morgan fingerprint density at radius 1 is 1.39 bits per heavy atom. The molecule has 18 heavy (non-hydrogen) atoms. The molecular weight excluding hydrogens is 230 g/mol. The maximum Gasteiger partial charge on any atom is 0.223 e. The average molecular weight is 255 g/mol. The second kappa shape index (κ2) is 5.57. The van der Waals surface area contributed by atoms with Gasteiger partial charge < -0.3 is 15.2 Å². The number of rotatable bonds is 6. The standard InChI is InChI=1S/C14H25NO3/c1-14(17,7-8-18-2)9-15-13(16)12-10-5-3-4-6-11(10)12/h10-12,17H,3-9H2,1-2H3,(H,15,16). The van der Waals surface area contributed by atoms with Gasteiger partial charge in [0.15, 0.2) is 0 Å². The Morgan fingerprint density at radius 2 is 2.00 bits per heavy atom. The van der Waals surface area contributed by atoms with E-state index in [9.17, 15) is 9.90 Å². The summed E-state index contributed by atoms with van der Waals surface area (Å²) in [5.41, 5.74) is -0.869. The first-order chi connectivity index (χ1) is 8.55. The van der Waals surface area contributed by atoms with E-state index in [0.717, 1.165) is 0 Å². The highest BCUT2D eigenvalue weighted by Gasteiger charge is 2.54. The van der Waals surface area contributed by atoms with Gasteiger partial charge in [0.05, 0.1) is 5.60 Å². The quantitative estimate of drug-likeness (QED) is 0.752. The highest BCUT2D eigenvalue weighted by molar-refractivity contribution is 5.82. The zero-order valence-electron chi connectivity index (χ0n) is 11.4. The monoisotopic (exact) mass is 255 g/mol. The van der Waals surface area contributed by atoms with Crippen molar-refractivity contribution in [2.45, 2.75) is 44.6 Å². The van der Waals surface area contributed by atoms with E-state index >= 15 is 0 Å². The van der Waals surface area contributed by atoms with Crippen molar-refractivity contribution in [1.82, 2.24) is 5.32 Å². The van der Waals surface area contributed by atoms with Crippen molar-refractivity contribution in [1.29, 1.82) is 0 Å². The Labute approximate surface area is 109 Å². The molecule has 0 saturated heterocycles. The molecule has 2 rings (SSSR count). The summed E-state index contributed by atoms with van der Waals surface area (Å²) >= 11 is 0. The van der Waals surface area contributed by atoms with Crippen LogP contribution in [0.5, 0.6) is 0 Å². The Bertz CT molecular complexity index is 291. The van der Waals surface area contributed by atoms with Crippen LogP contribution in [0.3, 0.4) is 0 Å². The molecule has 2 aliphatic carbocycles. The molecule has 4 heteroatoms. The first-order valence-corrected chi connectivity index (χ1v) is 7.04. The topological polar surface area (TPSA) is 58.6 Å². The van der Waals surface area contributed by atoms with Gasteiger partial charge in [-0.25, -0.2) is 0 Å². The average Bonchev–Trinajstić information content (AvgIpc) is 3.08. The van der Waals surface area contributed by atoms with Crippen LogP contribution in [0.2, 0.25) is 0 Å². The molecule has 2 saturated carbocycles. The predicted molar refractivity (Wildman–Crippen MR) is 69.1 cm³/mol. The molecule has 2 N–H and O–H groups in total. The number of hydrogen-bond donors (Lipinski definition) is 2. The van der Waals surface area contributed by atoms with Gasteiger partial charge >= 0.3 is 0 Å². The van der Waals surface area contributed by atoms with Gasteiger partial charge in [0.25, 0.3) is 0 Å². The van der Waals surface area contributed by atoms with Crippen molar-refractivity contribution in [3.05, 3.63) is 0 Å². The fourth-order valence-corrected chi connectivity index (χ4v) is 3.19. The fourth-order valence-electron chi connectivity index (χ4n) is 3.19. The number of ether oxygens (including phenoxy) is 1. The summed E-state index contributed by atoms with van der Waals surface area (Å²) in [7, 11) is 1.61. The van der Waals surface area contributed by atoms with Gasteiger partial charge in [-0.05, 0) is 31.6 Å². The Kier molecular flexibility index (Phi) is 4.28. The minimum absolute atomic E-state index is 0.143. The van der Waals surface area contributed by atoms with Gasteiger partial charge in [-0.3, -0.25) is 4.79 Å². The molecular formula is C14H25NO3. The Balaban J connectivity index is 1.72. The SMILES string of the molecule is COCCC(C)(O)CNC(=O)C1C2CCCCC21. The molecule has 0 radical (unpaired) electrons. The first-order valence-electron chi connectivity index (χ1n) is 7.04. The lowest BCUT2D eigenvalue weighted by atomic mass is 10.0. The lowest BCUT2D eigenvalue weighted by Gasteiger charge is -2.23. The molecule has 104 valence electrons. The smallest absolute Gasteiger partial charge is 0.223 e. The summed E-state index contributed by atoms with van der Waals surface area (Å²) < 4.78 is 4.95. The third-order valence-corrected chi connectivity index (χ3v) is 4.45. The van der Waals surface area contributed by atoms with Crippen LogP contribution in [-0.2, 0) is 9.53 Å². The summed E-state index contributed by atoms with van der Waals surface area (Å²) in [6, 6.07) is 0. The number of aliphatic hydroxyl groups is 1. The highest BCUT2D eigenvalue weighted by Crippen LogP contribution is 2.55. The molecule has 1 amide bonds. The number of methoxy groups -OCH3 is 1. The molecule has 0 aromatic heterocycles. The van der Waals surface area contributed by atoms with E-state index in [1.165, 1.54) is 25.7 Å².